The molecule has 3 N–H and O–H groups in total. The molecule has 2 atom stereocenters. The highest BCUT2D eigenvalue weighted by atomic mass is 16.4. The first kappa shape index (κ1) is 9.22. The van der Waals surface area contributed by atoms with Gasteiger partial charge in [0.1, 0.15) is 6.10 Å². The molecule has 4 nitrogen and oxygen atoms in total. The van der Waals surface area contributed by atoms with Crippen LogP contribution in [0.5, 0.6) is 0 Å². The molecule has 4 heteroatoms. The Hall–Kier alpha value is -0.870. The van der Waals surface area contributed by atoms with E-state index in [1.54, 1.807) is 20.8 Å². The van der Waals surface area contributed by atoms with Crippen LogP contribution in [0.15, 0.2) is 4.42 Å². The number of aliphatic hydroxyl groups is 1. The second kappa shape index (κ2) is 3.25. The minimum absolute atomic E-state index is 0.337. The van der Waals surface area contributed by atoms with Gasteiger partial charge in [-0.05, 0) is 13.8 Å². The number of oxazole rings is 1. The second-order valence-electron chi connectivity index (χ2n) is 2.99. The van der Waals surface area contributed by atoms with E-state index in [4.69, 9.17) is 10.2 Å². The molecular weight excluding hydrogens is 156 g/mol. The summed E-state index contributed by atoms with van der Waals surface area (Å²) < 4.78 is 5.20. The third kappa shape index (κ3) is 1.65. The van der Waals surface area contributed by atoms with E-state index in [2.05, 4.69) is 4.98 Å². The van der Waals surface area contributed by atoms with E-state index < -0.39 is 6.10 Å². The minimum Gasteiger partial charge on any atom is -0.443 e. The van der Waals surface area contributed by atoms with Crippen molar-refractivity contribution in [2.45, 2.75) is 32.9 Å². The first-order valence-electron chi connectivity index (χ1n) is 3.90. The summed E-state index contributed by atoms with van der Waals surface area (Å²) >= 11 is 0. The Balaban J connectivity index is 2.94. The Morgan fingerprint density at radius 2 is 2.08 bits per heavy atom. The second-order valence-corrected chi connectivity index (χ2v) is 2.99. The summed E-state index contributed by atoms with van der Waals surface area (Å²) in [4.78, 5) is 4.03. The van der Waals surface area contributed by atoms with E-state index in [1.165, 1.54) is 0 Å². The van der Waals surface area contributed by atoms with Gasteiger partial charge in [0.25, 0.3) is 0 Å². The summed E-state index contributed by atoms with van der Waals surface area (Å²) in [6.45, 7) is 5.25. The number of aryl methyl sites for hydroxylation is 2. The molecule has 1 aromatic heterocycles. The molecule has 0 aliphatic carbocycles. The number of aromatic nitrogens is 1. The van der Waals surface area contributed by atoms with Crippen LogP contribution in [0.1, 0.15) is 30.4 Å². The number of aliphatic hydroxyl groups excluding tert-OH is 1. The first-order chi connectivity index (χ1) is 5.52. The van der Waals surface area contributed by atoms with Gasteiger partial charge in [-0.2, -0.15) is 0 Å². The van der Waals surface area contributed by atoms with Crippen molar-refractivity contribution in [3.8, 4) is 0 Å². The normalized spacial score (nSPS) is 16.1. The average molecular weight is 170 g/mol. The standard InChI is InChI=1S/C8H14N2O2/c1-4(9)7(11)8-5(2)10-6(3)12-8/h4,7,11H,9H2,1-3H3. The van der Waals surface area contributed by atoms with Gasteiger partial charge >= 0.3 is 0 Å². The predicted molar refractivity (Wildman–Crippen MR) is 44.6 cm³/mol. The molecule has 1 heterocycles. The highest BCUT2D eigenvalue weighted by molar-refractivity contribution is 5.11. The molecule has 0 saturated heterocycles. The van der Waals surface area contributed by atoms with Crippen molar-refractivity contribution in [1.82, 2.24) is 4.98 Å². The number of hydrogen-bond donors (Lipinski definition) is 2. The lowest BCUT2D eigenvalue weighted by atomic mass is 10.1. The Morgan fingerprint density at radius 1 is 1.50 bits per heavy atom. The van der Waals surface area contributed by atoms with Crippen LogP contribution >= 0.6 is 0 Å². The topological polar surface area (TPSA) is 72.3 Å². The van der Waals surface area contributed by atoms with Gasteiger partial charge < -0.3 is 15.3 Å². The fraction of sp³-hybridized carbons (Fsp3) is 0.625. The maximum Gasteiger partial charge on any atom is 0.191 e. The Bertz CT molecular complexity index is 268. The number of nitrogens with two attached hydrogens (primary N) is 1. The fourth-order valence-electron chi connectivity index (χ4n) is 1.06. The van der Waals surface area contributed by atoms with Crippen molar-refractivity contribution >= 4 is 0 Å². The van der Waals surface area contributed by atoms with Gasteiger partial charge in [-0.15, -0.1) is 0 Å². The summed E-state index contributed by atoms with van der Waals surface area (Å²) in [5, 5.41) is 9.53. The molecule has 68 valence electrons. The van der Waals surface area contributed by atoms with Crippen LogP contribution in [0.2, 0.25) is 0 Å². The van der Waals surface area contributed by atoms with Gasteiger partial charge in [-0.1, -0.05) is 0 Å². The van der Waals surface area contributed by atoms with Gasteiger partial charge in [0.2, 0.25) is 0 Å². The molecule has 0 aliphatic rings. The zero-order valence-electron chi connectivity index (χ0n) is 7.53. The summed E-state index contributed by atoms with van der Waals surface area (Å²) in [7, 11) is 0. The number of hydrogen-bond acceptors (Lipinski definition) is 4. The molecule has 0 radical (unpaired) electrons. The highest BCUT2D eigenvalue weighted by Gasteiger charge is 2.19. The van der Waals surface area contributed by atoms with E-state index in [1.807, 2.05) is 0 Å². The highest BCUT2D eigenvalue weighted by Crippen LogP contribution is 2.20. The summed E-state index contributed by atoms with van der Waals surface area (Å²) in [6, 6.07) is -0.337. The van der Waals surface area contributed by atoms with E-state index in [9.17, 15) is 5.11 Å². The lowest BCUT2D eigenvalue weighted by molar-refractivity contribution is 0.125. The number of nitrogens with zero attached hydrogens (tertiary/aromatic N) is 1. The summed E-state index contributed by atoms with van der Waals surface area (Å²) in [5.74, 6) is 1.03. The molecule has 0 amide bonds. The Morgan fingerprint density at radius 3 is 2.42 bits per heavy atom. The lowest BCUT2D eigenvalue weighted by Gasteiger charge is -2.11. The molecule has 0 aromatic carbocycles. The molecule has 1 rings (SSSR count). The Labute approximate surface area is 71.4 Å². The molecule has 0 saturated carbocycles. The quantitative estimate of drug-likeness (QED) is 0.684. The Kier molecular flexibility index (Phi) is 2.49. The molecule has 2 unspecified atom stereocenters. The zero-order chi connectivity index (χ0) is 9.30. The monoisotopic (exact) mass is 170 g/mol. The largest absolute Gasteiger partial charge is 0.443 e. The lowest BCUT2D eigenvalue weighted by Crippen LogP contribution is -2.24. The zero-order valence-corrected chi connectivity index (χ0v) is 7.53. The van der Waals surface area contributed by atoms with Gasteiger partial charge in [0.05, 0.1) is 5.69 Å². The van der Waals surface area contributed by atoms with Crippen molar-refractivity contribution < 1.29 is 9.52 Å². The van der Waals surface area contributed by atoms with Crippen molar-refractivity contribution in [3.05, 3.63) is 17.3 Å². The number of rotatable bonds is 2. The van der Waals surface area contributed by atoms with Crippen LogP contribution in [0, 0.1) is 13.8 Å². The van der Waals surface area contributed by atoms with Crippen molar-refractivity contribution in [3.63, 3.8) is 0 Å². The van der Waals surface area contributed by atoms with Gasteiger partial charge in [-0.25, -0.2) is 4.98 Å². The maximum atomic E-state index is 9.53. The van der Waals surface area contributed by atoms with E-state index in [-0.39, 0.29) is 6.04 Å². The van der Waals surface area contributed by atoms with Crippen molar-refractivity contribution in [1.29, 1.82) is 0 Å². The van der Waals surface area contributed by atoms with E-state index >= 15 is 0 Å². The molecule has 0 spiro atoms. The average Bonchev–Trinajstić information content (AvgIpc) is 2.28. The smallest absolute Gasteiger partial charge is 0.191 e. The fourth-order valence-corrected chi connectivity index (χ4v) is 1.06. The van der Waals surface area contributed by atoms with E-state index in [0.717, 1.165) is 0 Å². The molecule has 0 fully saturated rings. The summed E-state index contributed by atoms with van der Waals surface area (Å²) in [6.07, 6.45) is -0.758. The molecule has 0 bridgehead atoms. The summed E-state index contributed by atoms with van der Waals surface area (Å²) in [5.41, 5.74) is 6.21. The molecule has 0 aliphatic heterocycles. The SMILES string of the molecule is Cc1nc(C)c(C(O)C(C)N)o1. The maximum absolute atomic E-state index is 9.53. The van der Waals surface area contributed by atoms with Crippen LogP contribution in [-0.4, -0.2) is 16.1 Å². The predicted octanol–water partition coefficient (Wildman–Crippen LogP) is 0.672. The van der Waals surface area contributed by atoms with Gasteiger partial charge in [0.15, 0.2) is 11.7 Å². The first-order valence-corrected chi connectivity index (χ1v) is 3.90. The van der Waals surface area contributed by atoms with Crippen molar-refractivity contribution in [2.75, 3.05) is 0 Å². The third-order valence-electron chi connectivity index (χ3n) is 1.71. The molecule has 12 heavy (non-hydrogen) atoms. The van der Waals surface area contributed by atoms with Gasteiger partial charge in [0, 0.05) is 13.0 Å². The third-order valence-corrected chi connectivity index (χ3v) is 1.71. The van der Waals surface area contributed by atoms with Crippen LogP contribution in [0.4, 0.5) is 0 Å². The minimum atomic E-state index is -0.758. The van der Waals surface area contributed by atoms with Gasteiger partial charge in [-0.3, -0.25) is 0 Å². The van der Waals surface area contributed by atoms with Crippen molar-refractivity contribution in [2.24, 2.45) is 5.73 Å². The van der Waals surface area contributed by atoms with Crippen LogP contribution in [-0.2, 0) is 0 Å². The van der Waals surface area contributed by atoms with E-state index in [0.29, 0.717) is 17.3 Å². The van der Waals surface area contributed by atoms with Crippen LogP contribution in [0.3, 0.4) is 0 Å². The molecular formula is C8H14N2O2. The van der Waals surface area contributed by atoms with Crippen LogP contribution in [0.25, 0.3) is 0 Å². The van der Waals surface area contributed by atoms with Crippen LogP contribution < -0.4 is 5.73 Å². The molecule has 1 aromatic rings.